The number of fused-ring (bicyclic) bond motifs is 1. The molecule has 0 aliphatic heterocycles. The molecule has 34 heavy (non-hydrogen) atoms. The van der Waals surface area contributed by atoms with E-state index in [2.05, 4.69) is 37.7 Å². The number of para-hydroxylation sites is 2. The van der Waals surface area contributed by atoms with Crippen LogP contribution in [0, 0.1) is 0 Å². The topological polar surface area (TPSA) is 113 Å². The van der Waals surface area contributed by atoms with Gasteiger partial charge in [-0.1, -0.05) is 48.9 Å². The number of imidazole rings is 1. The normalized spacial score (nSPS) is 11.8. The second-order valence-electron chi connectivity index (χ2n) is 8.11. The van der Waals surface area contributed by atoms with Gasteiger partial charge in [0.05, 0.1) is 23.3 Å². The van der Waals surface area contributed by atoms with Crippen LogP contribution in [0.3, 0.4) is 0 Å². The van der Waals surface area contributed by atoms with E-state index >= 15 is 0 Å². The number of carbonyl (C=O) groups excluding carboxylic acids is 2. The van der Waals surface area contributed by atoms with Gasteiger partial charge in [-0.25, -0.2) is 9.97 Å². The van der Waals surface area contributed by atoms with Crippen molar-refractivity contribution < 1.29 is 9.59 Å². The average molecular weight is 457 g/mol. The molecule has 8 nitrogen and oxygen atoms in total. The van der Waals surface area contributed by atoms with Gasteiger partial charge in [0.2, 0.25) is 5.91 Å². The number of rotatable bonds is 11. The molecule has 1 unspecified atom stereocenters. The minimum atomic E-state index is -0.242. The Bertz CT molecular complexity index is 1180. The highest BCUT2D eigenvalue weighted by Crippen LogP contribution is 2.20. The van der Waals surface area contributed by atoms with Crippen LogP contribution in [-0.2, 0) is 11.2 Å². The van der Waals surface area contributed by atoms with Gasteiger partial charge in [-0.2, -0.15) is 0 Å². The Morgan fingerprint density at radius 3 is 2.56 bits per heavy atom. The molecule has 2 aromatic heterocycles. The lowest BCUT2D eigenvalue weighted by Gasteiger charge is -2.17. The molecule has 1 atom stereocenters. The number of aromatic amines is 1. The maximum absolute atomic E-state index is 12.7. The maximum Gasteiger partial charge on any atom is 0.271 e. The second-order valence-corrected chi connectivity index (χ2v) is 8.11. The molecular weight excluding hydrogens is 428 g/mol. The molecule has 0 aliphatic rings. The summed E-state index contributed by atoms with van der Waals surface area (Å²) in [6, 6.07) is 17.7. The lowest BCUT2D eigenvalue weighted by Crippen LogP contribution is -2.30. The van der Waals surface area contributed by atoms with Gasteiger partial charge in [-0.3, -0.25) is 14.6 Å². The smallest absolute Gasteiger partial charge is 0.271 e. The largest absolute Gasteiger partial charge is 0.351 e. The number of carbonyl (C=O) groups is 2. The summed E-state index contributed by atoms with van der Waals surface area (Å²) in [4.78, 5) is 40.6. The van der Waals surface area contributed by atoms with E-state index in [9.17, 15) is 9.59 Å². The predicted octanol–water partition coefficient (Wildman–Crippen LogP) is 3.74. The minimum absolute atomic E-state index is 0.00928. The molecule has 2 amide bonds. The molecule has 0 spiro atoms. The molecule has 0 fully saturated rings. The van der Waals surface area contributed by atoms with E-state index in [1.54, 1.807) is 0 Å². The molecule has 4 rings (SSSR count). The summed E-state index contributed by atoms with van der Waals surface area (Å²) >= 11 is 0. The van der Waals surface area contributed by atoms with Gasteiger partial charge >= 0.3 is 0 Å². The molecule has 0 radical (unpaired) electrons. The molecule has 0 aliphatic carbocycles. The number of hydrogen-bond acceptors (Lipinski definition) is 5. The molecule has 0 bridgehead atoms. The zero-order chi connectivity index (χ0) is 23.6. The summed E-state index contributed by atoms with van der Waals surface area (Å²) in [7, 11) is 0. The van der Waals surface area contributed by atoms with E-state index in [1.165, 1.54) is 18.6 Å². The number of hydrogen-bond donors (Lipinski definition) is 3. The highest BCUT2D eigenvalue weighted by atomic mass is 16.2. The Balaban J connectivity index is 1.26. The van der Waals surface area contributed by atoms with Gasteiger partial charge in [-0.05, 0) is 37.0 Å². The molecule has 0 saturated carbocycles. The average Bonchev–Trinajstić information content (AvgIpc) is 3.31. The Kier molecular flexibility index (Phi) is 7.95. The van der Waals surface area contributed by atoms with E-state index in [1.807, 2.05) is 42.5 Å². The third kappa shape index (κ3) is 6.48. The second kappa shape index (κ2) is 11.7. The summed E-state index contributed by atoms with van der Waals surface area (Å²) in [6.45, 7) is 0.534. The lowest BCUT2D eigenvalue weighted by atomic mass is 10.0. The molecule has 174 valence electrons. The zero-order valence-electron chi connectivity index (χ0n) is 18.9. The summed E-state index contributed by atoms with van der Waals surface area (Å²) in [5.41, 5.74) is 3.27. The fraction of sp³-hybridized carbons (Fsp3) is 0.269. The third-order valence-corrected chi connectivity index (χ3v) is 5.52. The van der Waals surface area contributed by atoms with Crippen LogP contribution in [0.4, 0.5) is 0 Å². The van der Waals surface area contributed by atoms with E-state index < -0.39 is 0 Å². The number of amides is 2. The van der Waals surface area contributed by atoms with Gasteiger partial charge in [0.1, 0.15) is 11.5 Å². The van der Waals surface area contributed by atoms with Crippen molar-refractivity contribution in [3.8, 4) is 0 Å². The minimum Gasteiger partial charge on any atom is -0.351 e. The van der Waals surface area contributed by atoms with Crippen molar-refractivity contribution in [1.29, 1.82) is 0 Å². The van der Waals surface area contributed by atoms with Crippen molar-refractivity contribution in [2.45, 2.75) is 38.1 Å². The number of H-pyrrole nitrogens is 1. The van der Waals surface area contributed by atoms with Crippen molar-refractivity contribution in [3.05, 3.63) is 90.3 Å². The van der Waals surface area contributed by atoms with Crippen molar-refractivity contribution in [3.63, 3.8) is 0 Å². The number of benzene rings is 2. The van der Waals surface area contributed by atoms with Crippen LogP contribution in [0.15, 0.2) is 73.2 Å². The van der Waals surface area contributed by atoms with Gasteiger partial charge in [0, 0.05) is 25.4 Å². The van der Waals surface area contributed by atoms with Crippen LogP contribution >= 0.6 is 0 Å². The first-order chi connectivity index (χ1) is 16.7. The number of aromatic nitrogens is 4. The molecule has 4 aromatic rings. The van der Waals surface area contributed by atoms with Crippen LogP contribution in [0.2, 0.25) is 0 Å². The summed E-state index contributed by atoms with van der Waals surface area (Å²) in [5, 5.41) is 5.98. The highest BCUT2D eigenvalue weighted by molar-refractivity contribution is 5.91. The fourth-order valence-electron chi connectivity index (χ4n) is 3.77. The molecule has 8 heteroatoms. The van der Waals surface area contributed by atoms with Gasteiger partial charge in [-0.15, -0.1) is 0 Å². The Labute approximate surface area is 198 Å². The third-order valence-electron chi connectivity index (χ3n) is 5.52. The highest BCUT2D eigenvalue weighted by Gasteiger charge is 2.19. The van der Waals surface area contributed by atoms with Gasteiger partial charge < -0.3 is 15.6 Å². The van der Waals surface area contributed by atoms with Crippen molar-refractivity contribution in [2.24, 2.45) is 0 Å². The summed E-state index contributed by atoms with van der Waals surface area (Å²) in [6.07, 6.45) is 7.89. The van der Waals surface area contributed by atoms with Crippen molar-refractivity contribution in [2.75, 3.05) is 6.54 Å². The Hall–Kier alpha value is -4.07. The quantitative estimate of drug-likeness (QED) is 0.298. The number of nitrogens with zero attached hydrogens (tertiary/aromatic N) is 3. The van der Waals surface area contributed by atoms with Crippen LogP contribution in [0.25, 0.3) is 11.0 Å². The standard InChI is InChI=1S/C26H28N6O2/c33-24(13-5-2-8-14-29-26(34)23-18-27-15-16-28-23)30-22(17-19-9-3-1-4-10-19)25-31-20-11-6-7-12-21(20)32-25/h1,3-4,6-7,9-12,15-16,18,22H,2,5,8,13-14,17H2,(H,29,34)(H,30,33)(H,31,32). The van der Waals surface area contributed by atoms with Crippen LogP contribution < -0.4 is 10.6 Å². The summed E-state index contributed by atoms with van der Waals surface area (Å²) in [5.74, 6) is 0.510. The predicted molar refractivity (Wildman–Crippen MR) is 130 cm³/mol. The van der Waals surface area contributed by atoms with Crippen LogP contribution in [0.5, 0.6) is 0 Å². The molecule has 2 aromatic carbocycles. The first kappa shape index (κ1) is 23.1. The molecular formula is C26H28N6O2. The molecule has 2 heterocycles. The molecule has 0 saturated heterocycles. The molecule has 3 N–H and O–H groups in total. The SMILES string of the molecule is O=C(CCCCCNC(=O)c1cnccn1)NC(Cc1ccccc1)c1nc2ccccc2[nH]1. The zero-order valence-corrected chi connectivity index (χ0v) is 18.9. The number of nitrogens with one attached hydrogen (secondary N) is 3. The van der Waals surface area contributed by atoms with Crippen LogP contribution in [0.1, 0.15) is 53.6 Å². The first-order valence-electron chi connectivity index (χ1n) is 11.5. The number of unbranched alkanes of at least 4 members (excludes halogenated alkanes) is 2. The maximum atomic E-state index is 12.7. The lowest BCUT2D eigenvalue weighted by molar-refractivity contribution is -0.122. The van der Waals surface area contributed by atoms with Crippen molar-refractivity contribution in [1.82, 2.24) is 30.6 Å². The van der Waals surface area contributed by atoms with E-state index in [0.29, 0.717) is 25.1 Å². The van der Waals surface area contributed by atoms with E-state index in [-0.39, 0.29) is 17.9 Å². The first-order valence-corrected chi connectivity index (χ1v) is 11.5. The van der Waals surface area contributed by atoms with E-state index in [4.69, 9.17) is 4.98 Å². The Morgan fingerprint density at radius 1 is 0.941 bits per heavy atom. The van der Waals surface area contributed by atoms with Gasteiger partial charge in [0.25, 0.3) is 5.91 Å². The van der Waals surface area contributed by atoms with Crippen LogP contribution in [-0.4, -0.2) is 38.3 Å². The summed E-state index contributed by atoms with van der Waals surface area (Å²) < 4.78 is 0. The van der Waals surface area contributed by atoms with Crippen molar-refractivity contribution >= 4 is 22.8 Å². The fourth-order valence-corrected chi connectivity index (χ4v) is 3.77. The Morgan fingerprint density at radius 2 is 1.76 bits per heavy atom. The van der Waals surface area contributed by atoms with E-state index in [0.717, 1.165) is 41.7 Å². The monoisotopic (exact) mass is 456 g/mol. The van der Waals surface area contributed by atoms with Gasteiger partial charge in [0.15, 0.2) is 0 Å².